The average Bonchev–Trinajstić information content (AvgIpc) is 3.62. The van der Waals surface area contributed by atoms with E-state index in [1.807, 2.05) is 36.1 Å². The molecule has 4 rings (SSSR count). The second-order valence-electron chi connectivity index (χ2n) is 11.2. The van der Waals surface area contributed by atoms with Crippen molar-refractivity contribution in [1.29, 1.82) is 0 Å². The number of thioether (sulfide) groups is 1. The second-order valence-corrected chi connectivity index (χ2v) is 12.8. The molecule has 3 amide bonds. The lowest BCUT2D eigenvalue weighted by molar-refractivity contribution is -0.144. The monoisotopic (exact) mass is 582 g/mol. The van der Waals surface area contributed by atoms with Gasteiger partial charge in [0, 0.05) is 62.5 Å². The first kappa shape index (κ1) is 31.2. The van der Waals surface area contributed by atoms with Crippen molar-refractivity contribution in [3.05, 3.63) is 49.6 Å². The molecule has 224 valence electrons. The van der Waals surface area contributed by atoms with Gasteiger partial charge < -0.3 is 24.7 Å². The minimum atomic E-state index is -0.708. The second kappa shape index (κ2) is 13.5. The van der Waals surface area contributed by atoms with E-state index in [0.29, 0.717) is 32.5 Å². The molecule has 0 radical (unpaired) electrons. The third-order valence-electron chi connectivity index (χ3n) is 8.90. The predicted molar refractivity (Wildman–Crippen MR) is 167 cm³/mol. The molecule has 5 atom stereocenters. The van der Waals surface area contributed by atoms with Crippen molar-refractivity contribution in [2.24, 2.45) is 11.8 Å². The summed E-state index contributed by atoms with van der Waals surface area (Å²) < 4.78 is -0.665. The third-order valence-corrected chi connectivity index (χ3v) is 10.9. The number of fused-ring (bicyclic) bond motifs is 1. The Morgan fingerprint density at radius 1 is 1.07 bits per heavy atom. The Bertz CT molecular complexity index is 1120. The zero-order chi connectivity index (χ0) is 29.7. The van der Waals surface area contributed by atoms with Crippen LogP contribution in [0.15, 0.2) is 49.6 Å². The van der Waals surface area contributed by atoms with Gasteiger partial charge in [-0.15, -0.1) is 24.9 Å². The van der Waals surface area contributed by atoms with Gasteiger partial charge in [0.05, 0.1) is 16.6 Å². The number of benzene rings is 1. The lowest BCUT2D eigenvalue weighted by Crippen LogP contribution is -2.55. The van der Waals surface area contributed by atoms with Crippen LogP contribution in [0.5, 0.6) is 0 Å². The Morgan fingerprint density at radius 3 is 2.32 bits per heavy atom. The smallest absolute Gasteiger partial charge is 0.251 e. The van der Waals surface area contributed by atoms with Crippen LogP contribution in [0, 0.1) is 11.8 Å². The van der Waals surface area contributed by atoms with Crippen LogP contribution in [0.2, 0.25) is 0 Å². The molecule has 0 saturated carbocycles. The van der Waals surface area contributed by atoms with E-state index in [0.717, 1.165) is 37.3 Å². The molecule has 0 aliphatic carbocycles. The van der Waals surface area contributed by atoms with E-state index >= 15 is 0 Å². The number of rotatable bonds is 15. The predicted octanol–water partition coefficient (Wildman–Crippen LogP) is 3.95. The van der Waals surface area contributed by atoms with E-state index < -0.39 is 22.6 Å². The first-order chi connectivity index (χ1) is 19.8. The fraction of sp³-hybridized carbons (Fsp3) is 0.594. The molecule has 3 aliphatic heterocycles. The van der Waals surface area contributed by atoms with Crippen molar-refractivity contribution in [3.63, 3.8) is 0 Å². The Balaban J connectivity index is 1.72. The van der Waals surface area contributed by atoms with Crippen LogP contribution in [0.1, 0.15) is 46.5 Å². The quantitative estimate of drug-likeness (QED) is 0.316. The van der Waals surface area contributed by atoms with E-state index in [9.17, 15) is 19.5 Å². The lowest BCUT2D eigenvalue weighted by atomic mass is 9.70. The maximum atomic E-state index is 14.6. The van der Waals surface area contributed by atoms with Crippen molar-refractivity contribution in [2.45, 2.75) is 62.5 Å². The van der Waals surface area contributed by atoms with Crippen LogP contribution < -0.4 is 9.80 Å². The Kier molecular flexibility index (Phi) is 10.2. The van der Waals surface area contributed by atoms with Gasteiger partial charge in [-0.3, -0.25) is 14.4 Å². The number of aliphatic hydroxyl groups excluding tert-OH is 1. The molecule has 2 unspecified atom stereocenters. The molecule has 9 heteroatoms. The summed E-state index contributed by atoms with van der Waals surface area (Å²) in [4.78, 5) is 50.2. The van der Waals surface area contributed by atoms with E-state index in [-0.39, 0.29) is 36.1 Å². The van der Waals surface area contributed by atoms with Gasteiger partial charge in [0.1, 0.15) is 6.04 Å². The highest BCUT2D eigenvalue weighted by Gasteiger charge is 2.74. The Hall–Kier alpha value is -2.78. The highest BCUT2D eigenvalue weighted by Crippen LogP contribution is 2.66. The molecule has 1 aromatic carbocycles. The molecule has 1 spiro atoms. The largest absolute Gasteiger partial charge is 0.396 e. The van der Waals surface area contributed by atoms with Crippen molar-refractivity contribution in [3.8, 4) is 0 Å². The molecule has 3 fully saturated rings. The Morgan fingerprint density at radius 2 is 1.73 bits per heavy atom. The molecule has 3 saturated heterocycles. The zero-order valence-corrected chi connectivity index (χ0v) is 25.7. The summed E-state index contributed by atoms with van der Waals surface area (Å²) in [6.45, 7) is 17.4. The maximum Gasteiger partial charge on any atom is 0.251 e. The van der Waals surface area contributed by atoms with E-state index in [2.05, 4.69) is 31.9 Å². The maximum absolute atomic E-state index is 14.6. The zero-order valence-electron chi connectivity index (χ0n) is 24.8. The first-order valence-electron chi connectivity index (χ1n) is 15.1. The molecule has 1 aromatic rings. The molecular weight excluding hydrogens is 536 g/mol. The first-order valence-corrected chi connectivity index (χ1v) is 16.0. The van der Waals surface area contributed by atoms with E-state index in [1.165, 1.54) is 0 Å². The fourth-order valence-electron chi connectivity index (χ4n) is 7.16. The molecule has 41 heavy (non-hydrogen) atoms. The van der Waals surface area contributed by atoms with Gasteiger partial charge in [0.15, 0.2) is 0 Å². The topological polar surface area (TPSA) is 84.4 Å². The standard InChI is InChI=1S/C32H46N4O4S/c1-6-18-34(19-7-2)29(38)26-25-16-17-32(41-25)27(26)30(39)36(21-11-22-37)28(32)31(40)35(20-8-3)24-14-12-23(13-15-24)33(9-4)10-5/h6,8,12-15,25-28,37H,1,3,7,9-11,16-22H2,2,4-5H3/t25-,26+,27-,28?,32?/m0/s1. The van der Waals surface area contributed by atoms with Gasteiger partial charge in [-0.05, 0) is 63.8 Å². The highest BCUT2D eigenvalue weighted by molar-refractivity contribution is 8.02. The van der Waals surface area contributed by atoms with Crippen molar-refractivity contribution >= 4 is 40.9 Å². The number of likely N-dealkylation sites (tertiary alicyclic amines) is 1. The third kappa shape index (κ3) is 5.55. The van der Waals surface area contributed by atoms with Crippen LogP contribution in [-0.2, 0) is 14.4 Å². The molecular formula is C32H46N4O4S. The summed E-state index contributed by atoms with van der Waals surface area (Å²) in [6.07, 6.45) is 6.16. The van der Waals surface area contributed by atoms with Crippen LogP contribution in [-0.4, -0.2) is 94.5 Å². The number of anilines is 2. The van der Waals surface area contributed by atoms with E-state index in [4.69, 9.17) is 0 Å². The summed E-state index contributed by atoms with van der Waals surface area (Å²) in [5.74, 6) is -1.29. The van der Waals surface area contributed by atoms with Crippen LogP contribution in [0.3, 0.4) is 0 Å². The molecule has 1 N–H and O–H groups in total. The fourth-order valence-corrected chi connectivity index (χ4v) is 9.36. The lowest BCUT2D eigenvalue weighted by Gasteiger charge is -2.37. The molecule has 2 bridgehead atoms. The number of aliphatic hydroxyl groups is 1. The van der Waals surface area contributed by atoms with E-state index in [1.54, 1.807) is 33.7 Å². The van der Waals surface area contributed by atoms with Crippen molar-refractivity contribution in [1.82, 2.24) is 9.80 Å². The summed E-state index contributed by atoms with van der Waals surface area (Å²) in [7, 11) is 0. The number of hydrogen-bond acceptors (Lipinski definition) is 6. The number of amides is 3. The number of carbonyl (C=O) groups excluding carboxylic acids is 3. The summed E-state index contributed by atoms with van der Waals surface area (Å²) in [5, 5.41) is 9.67. The molecule has 3 aliphatic rings. The highest BCUT2D eigenvalue weighted by atomic mass is 32.2. The minimum absolute atomic E-state index is 0.00526. The van der Waals surface area contributed by atoms with Crippen LogP contribution in [0.4, 0.5) is 11.4 Å². The van der Waals surface area contributed by atoms with Gasteiger partial charge in [-0.2, -0.15) is 0 Å². The molecule has 3 heterocycles. The SMILES string of the molecule is C=CCN(CCC)C(=O)[C@@H]1[C@@H]2CCC3(S2)C(C(=O)N(CC=C)c2ccc(N(CC)CC)cc2)N(CCCO)C(=O)[C@H]13. The van der Waals surface area contributed by atoms with Crippen molar-refractivity contribution in [2.75, 3.05) is 55.7 Å². The minimum Gasteiger partial charge on any atom is -0.396 e. The van der Waals surface area contributed by atoms with Gasteiger partial charge in [0.25, 0.3) is 5.91 Å². The normalized spacial score (nSPS) is 26.1. The number of carbonyl (C=O) groups is 3. The molecule has 0 aromatic heterocycles. The van der Waals surface area contributed by atoms with Gasteiger partial charge in [-0.25, -0.2) is 0 Å². The molecule has 8 nitrogen and oxygen atoms in total. The number of hydrogen-bond donors (Lipinski definition) is 1. The Labute approximate surface area is 249 Å². The van der Waals surface area contributed by atoms with Gasteiger partial charge in [0.2, 0.25) is 11.8 Å². The summed E-state index contributed by atoms with van der Waals surface area (Å²) >= 11 is 1.68. The van der Waals surface area contributed by atoms with Crippen molar-refractivity contribution < 1.29 is 19.5 Å². The number of nitrogens with zero attached hydrogens (tertiary/aromatic N) is 4. The average molecular weight is 583 g/mol. The summed E-state index contributed by atoms with van der Waals surface area (Å²) in [6, 6.07) is 7.27. The summed E-state index contributed by atoms with van der Waals surface area (Å²) in [5.41, 5.74) is 1.84. The van der Waals surface area contributed by atoms with Crippen LogP contribution in [0.25, 0.3) is 0 Å². The van der Waals surface area contributed by atoms with Gasteiger partial charge in [-0.1, -0.05) is 19.1 Å². The van der Waals surface area contributed by atoms with Gasteiger partial charge >= 0.3 is 0 Å². The van der Waals surface area contributed by atoms with Crippen LogP contribution >= 0.6 is 11.8 Å².